The van der Waals surface area contributed by atoms with E-state index in [4.69, 9.17) is 10.3 Å². The molecule has 4 nitrogen and oxygen atoms in total. The molecule has 0 aliphatic heterocycles. The summed E-state index contributed by atoms with van der Waals surface area (Å²) in [6, 6.07) is 11.6. The van der Waals surface area contributed by atoms with Gasteiger partial charge in [0.1, 0.15) is 0 Å². The lowest BCUT2D eigenvalue weighted by Gasteiger charge is -2.02. The van der Waals surface area contributed by atoms with E-state index in [9.17, 15) is 0 Å². The summed E-state index contributed by atoms with van der Waals surface area (Å²) in [5, 5.41) is 4.04. The van der Waals surface area contributed by atoms with Gasteiger partial charge in [0.25, 0.3) is 5.89 Å². The smallest absolute Gasteiger partial charge is 0.260 e. The van der Waals surface area contributed by atoms with Crippen molar-refractivity contribution in [1.82, 2.24) is 10.1 Å². The molecule has 2 aromatic carbocycles. The number of para-hydroxylation sites is 1. The minimum absolute atomic E-state index is 0.399. The maximum absolute atomic E-state index is 6.03. The number of benzene rings is 2. The summed E-state index contributed by atoms with van der Waals surface area (Å²) in [4.78, 5) is 4.43. The number of nitrogens with zero attached hydrogens (tertiary/aromatic N) is 2. The number of hydrogen-bond donors (Lipinski definition) is 1. The predicted octanol–water partition coefficient (Wildman–Crippen LogP) is 4.82. The highest BCUT2D eigenvalue weighted by atomic mass is 79.9. The molecule has 106 valence electrons. The van der Waals surface area contributed by atoms with Gasteiger partial charge in [0, 0.05) is 14.5 Å². The Hall–Kier alpha value is -1.66. The third kappa shape index (κ3) is 2.73. The number of rotatable bonds is 2. The molecule has 0 aliphatic carbocycles. The van der Waals surface area contributed by atoms with Gasteiger partial charge in [0.05, 0.1) is 11.3 Å². The molecule has 0 unspecified atom stereocenters. The molecule has 6 heteroatoms. The van der Waals surface area contributed by atoms with Crippen LogP contribution in [0.4, 0.5) is 5.69 Å². The van der Waals surface area contributed by atoms with Gasteiger partial charge < -0.3 is 10.3 Å². The summed E-state index contributed by atoms with van der Waals surface area (Å²) in [5.41, 5.74) is 9.36. The van der Waals surface area contributed by atoms with E-state index in [0.717, 1.165) is 20.1 Å². The Kier molecular flexibility index (Phi) is 3.82. The molecule has 0 aliphatic rings. The molecule has 0 atom stereocenters. The van der Waals surface area contributed by atoms with E-state index >= 15 is 0 Å². The van der Waals surface area contributed by atoms with Gasteiger partial charge in [0.15, 0.2) is 0 Å². The highest BCUT2D eigenvalue weighted by molar-refractivity contribution is 9.11. The molecule has 0 fully saturated rings. The van der Waals surface area contributed by atoms with Crippen LogP contribution in [-0.2, 0) is 0 Å². The maximum atomic E-state index is 6.03. The number of aromatic nitrogens is 2. The van der Waals surface area contributed by atoms with Gasteiger partial charge in [-0.15, -0.1) is 0 Å². The van der Waals surface area contributed by atoms with Crippen molar-refractivity contribution in [3.05, 3.63) is 50.9 Å². The summed E-state index contributed by atoms with van der Waals surface area (Å²) in [5.74, 6) is 0.924. The van der Waals surface area contributed by atoms with E-state index in [2.05, 4.69) is 42.0 Å². The van der Waals surface area contributed by atoms with Crippen LogP contribution in [0.5, 0.6) is 0 Å². The molecule has 0 amide bonds. The van der Waals surface area contributed by atoms with Crippen molar-refractivity contribution in [2.45, 2.75) is 6.92 Å². The second-order valence-electron chi connectivity index (χ2n) is 4.61. The van der Waals surface area contributed by atoms with E-state index in [1.54, 1.807) is 0 Å². The molecule has 2 N–H and O–H groups in total. The van der Waals surface area contributed by atoms with Crippen molar-refractivity contribution in [3.8, 4) is 22.8 Å². The van der Waals surface area contributed by atoms with Crippen LogP contribution in [0.25, 0.3) is 22.8 Å². The van der Waals surface area contributed by atoms with Gasteiger partial charge in [-0.1, -0.05) is 33.2 Å². The number of nitrogens with two attached hydrogens (primary N) is 1. The van der Waals surface area contributed by atoms with Crippen LogP contribution in [-0.4, -0.2) is 10.1 Å². The number of hydrogen-bond acceptors (Lipinski definition) is 4. The fourth-order valence-electron chi connectivity index (χ4n) is 1.97. The van der Waals surface area contributed by atoms with Crippen LogP contribution >= 0.6 is 31.9 Å². The van der Waals surface area contributed by atoms with Crippen LogP contribution < -0.4 is 5.73 Å². The molecule has 0 bridgehead atoms. The number of halogens is 2. The zero-order valence-electron chi connectivity index (χ0n) is 11.1. The molecular weight excluding hydrogens is 398 g/mol. The van der Waals surface area contributed by atoms with E-state index < -0.39 is 0 Å². The monoisotopic (exact) mass is 407 g/mol. The molecule has 21 heavy (non-hydrogen) atoms. The summed E-state index contributed by atoms with van der Waals surface area (Å²) in [6.07, 6.45) is 0. The Balaban J connectivity index is 2.06. The van der Waals surface area contributed by atoms with Crippen LogP contribution in [0.1, 0.15) is 5.56 Å². The van der Waals surface area contributed by atoms with Crippen molar-refractivity contribution in [3.63, 3.8) is 0 Å². The summed E-state index contributed by atoms with van der Waals surface area (Å²) >= 11 is 6.91. The lowest BCUT2D eigenvalue weighted by molar-refractivity contribution is 0.432. The number of anilines is 1. The van der Waals surface area contributed by atoms with Gasteiger partial charge in [0.2, 0.25) is 5.82 Å². The predicted molar refractivity (Wildman–Crippen MR) is 89.7 cm³/mol. The first-order valence-corrected chi connectivity index (χ1v) is 7.79. The molecule has 1 heterocycles. The molecule has 0 spiro atoms. The van der Waals surface area contributed by atoms with E-state index in [-0.39, 0.29) is 0 Å². The zero-order chi connectivity index (χ0) is 15.0. The van der Waals surface area contributed by atoms with Crippen LogP contribution in [0.2, 0.25) is 0 Å². The second kappa shape index (κ2) is 5.61. The minimum atomic E-state index is 0.399. The molecule has 1 aromatic heterocycles. The molecule has 0 radical (unpaired) electrons. The van der Waals surface area contributed by atoms with Crippen molar-refractivity contribution in [2.75, 3.05) is 5.73 Å². The normalized spacial score (nSPS) is 10.8. The lowest BCUT2D eigenvalue weighted by atomic mass is 10.1. The van der Waals surface area contributed by atoms with Gasteiger partial charge >= 0.3 is 0 Å². The summed E-state index contributed by atoms with van der Waals surface area (Å²) in [7, 11) is 0. The number of aryl methyl sites for hydroxylation is 1. The van der Waals surface area contributed by atoms with E-state index in [0.29, 0.717) is 23.0 Å². The Morgan fingerprint density at radius 1 is 1.05 bits per heavy atom. The third-order valence-electron chi connectivity index (χ3n) is 3.07. The molecule has 0 saturated heterocycles. The third-order valence-corrected chi connectivity index (χ3v) is 4.42. The largest absolute Gasteiger partial charge is 0.397 e. The topological polar surface area (TPSA) is 64.9 Å². The first kappa shape index (κ1) is 14.3. The first-order valence-electron chi connectivity index (χ1n) is 6.21. The number of nitrogen functional groups attached to an aromatic ring is 1. The Labute approximate surface area is 138 Å². The van der Waals surface area contributed by atoms with Crippen LogP contribution in [0.15, 0.2) is 49.9 Å². The van der Waals surface area contributed by atoms with E-state index in [1.807, 2.05) is 43.3 Å². The van der Waals surface area contributed by atoms with Gasteiger partial charge in [-0.2, -0.15) is 4.98 Å². The fraction of sp³-hybridized carbons (Fsp3) is 0.0667. The average molecular weight is 409 g/mol. The molecule has 3 aromatic rings. The maximum Gasteiger partial charge on any atom is 0.260 e. The Bertz CT molecular complexity index is 814. The van der Waals surface area contributed by atoms with Gasteiger partial charge in [-0.05, 0) is 52.7 Å². The zero-order valence-corrected chi connectivity index (χ0v) is 14.3. The quantitative estimate of drug-likeness (QED) is 0.617. The Morgan fingerprint density at radius 2 is 1.86 bits per heavy atom. The standard InChI is InChI=1S/C15H11Br2N3O/c1-8-5-6-9(12(17)7-8)14-19-15(21-20-14)10-3-2-4-11(16)13(10)18/h2-7H,18H2,1H3. The summed E-state index contributed by atoms with van der Waals surface area (Å²) < 4.78 is 7.07. The van der Waals surface area contributed by atoms with Gasteiger partial charge in [-0.25, -0.2) is 0 Å². The van der Waals surface area contributed by atoms with Crippen molar-refractivity contribution < 1.29 is 4.52 Å². The Morgan fingerprint density at radius 3 is 2.62 bits per heavy atom. The summed E-state index contributed by atoms with van der Waals surface area (Å²) in [6.45, 7) is 2.03. The van der Waals surface area contributed by atoms with Crippen molar-refractivity contribution in [2.24, 2.45) is 0 Å². The van der Waals surface area contributed by atoms with E-state index in [1.165, 1.54) is 0 Å². The highest BCUT2D eigenvalue weighted by Gasteiger charge is 2.15. The van der Waals surface area contributed by atoms with Gasteiger partial charge in [-0.3, -0.25) is 0 Å². The van der Waals surface area contributed by atoms with Crippen LogP contribution in [0, 0.1) is 6.92 Å². The molecular formula is C15H11Br2N3O. The second-order valence-corrected chi connectivity index (χ2v) is 6.32. The lowest BCUT2D eigenvalue weighted by Crippen LogP contribution is -1.91. The fourth-order valence-corrected chi connectivity index (χ4v) is 3.00. The van der Waals surface area contributed by atoms with Crippen molar-refractivity contribution in [1.29, 1.82) is 0 Å². The SMILES string of the molecule is Cc1ccc(-c2noc(-c3cccc(Br)c3N)n2)c(Br)c1. The molecule has 3 rings (SSSR count). The highest BCUT2D eigenvalue weighted by Crippen LogP contribution is 2.33. The minimum Gasteiger partial charge on any atom is -0.397 e. The molecule has 0 saturated carbocycles. The van der Waals surface area contributed by atoms with Crippen LogP contribution in [0.3, 0.4) is 0 Å². The van der Waals surface area contributed by atoms with Crippen molar-refractivity contribution >= 4 is 37.5 Å². The average Bonchev–Trinajstić information content (AvgIpc) is 2.91. The first-order chi connectivity index (χ1) is 10.1.